The molecule has 6 nitrogen and oxygen atoms in total. The van der Waals surface area contributed by atoms with Crippen molar-refractivity contribution in [1.82, 2.24) is 14.5 Å². The number of nitrogens with zero attached hydrogens (tertiary/aromatic N) is 3. The summed E-state index contributed by atoms with van der Waals surface area (Å²) in [5.41, 5.74) is 7.22. The number of pyridine rings is 2. The van der Waals surface area contributed by atoms with Gasteiger partial charge in [0.1, 0.15) is 11.5 Å². The fraction of sp³-hybridized carbons (Fsp3) is 0.333. The molecule has 0 atom stereocenters. The Morgan fingerprint density at radius 1 is 1.06 bits per heavy atom. The van der Waals surface area contributed by atoms with Gasteiger partial charge in [0.05, 0.1) is 25.2 Å². The number of fused-ring (bicyclic) bond motifs is 2. The van der Waals surface area contributed by atoms with Crippen LogP contribution in [0.3, 0.4) is 0 Å². The van der Waals surface area contributed by atoms with Gasteiger partial charge in [-0.2, -0.15) is 0 Å². The molecule has 4 aromatic rings. The Balaban J connectivity index is 1.53. The summed E-state index contributed by atoms with van der Waals surface area (Å²) in [6, 6.07) is 12.7. The van der Waals surface area contributed by atoms with Crippen LogP contribution in [-0.4, -0.2) is 35.2 Å². The summed E-state index contributed by atoms with van der Waals surface area (Å²) >= 11 is 0. The van der Waals surface area contributed by atoms with Crippen LogP contribution in [0.2, 0.25) is 0 Å². The molecule has 6 heteroatoms. The van der Waals surface area contributed by atoms with E-state index >= 15 is 0 Å². The van der Waals surface area contributed by atoms with Gasteiger partial charge in [-0.3, -0.25) is 14.7 Å². The minimum Gasteiger partial charge on any atom is -0.496 e. The highest BCUT2D eigenvalue weighted by Gasteiger charge is 2.23. The van der Waals surface area contributed by atoms with E-state index in [1.807, 2.05) is 24.4 Å². The molecule has 2 aromatic carbocycles. The Hall–Kier alpha value is -3.64. The van der Waals surface area contributed by atoms with Crippen molar-refractivity contribution in [3.63, 3.8) is 0 Å². The van der Waals surface area contributed by atoms with Crippen molar-refractivity contribution < 1.29 is 9.47 Å². The van der Waals surface area contributed by atoms with Gasteiger partial charge in [-0.05, 0) is 58.2 Å². The Bertz CT molecular complexity index is 1460. The normalized spacial score (nSPS) is 13.7. The van der Waals surface area contributed by atoms with Gasteiger partial charge in [0, 0.05) is 50.8 Å². The zero-order valence-corrected chi connectivity index (χ0v) is 21.7. The molecule has 0 unspecified atom stereocenters. The molecule has 0 N–H and O–H groups in total. The van der Waals surface area contributed by atoms with Gasteiger partial charge in [-0.25, -0.2) is 0 Å². The van der Waals surface area contributed by atoms with Crippen molar-refractivity contribution in [2.24, 2.45) is 7.05 Å². The van der Waals surface area contributed by atoms with Crippen LogP contribution in [0.25, 0.3) is 21.9 Å². The Kier molecular flexibility index (Phi) is 6.54. The van der Waals surface area contributed by atoms with Crippen LogP contribution in [-0.2, 0) is 26.6 Å². The minimum absolute atomic E-state index is 0.0663. The smallest absolute Gasteiger partial charge is 0.259 e. The summed E-state index contributed by atoms with van der Waals surface area (Å²) in [5.74, 6) is 2.09. The van der Waals surface area contributed by atoms with Crippen LogP contribution >= 0.6 is 0 Å². The second kappa shape index (κ2) is 9.78. The molecule has 0 amide bonds. The molecule has 0 spiro atoms. The lowest BCUT2D eigenvalue weighted by atomic mass is 9.89. The largest absolute Gasteiger partial charge is 0.496 e. The fourth-order valence-corrected chi connectivity index (χ4v) is 5.43. The number of methoxy groups -OCH3 is 2. The first-order chi connectivity index (χ1) is 17.4. The van der Waals surface area contributed by atoms with Gasteiger partial charge in [-0.15, -0.1) is 0 Å². The molecule has 0 radical (unpaired) electrons. The average molecular weight is 484 g/mol. The van der Waals surface area contributed by atoms with Gasteiger partial charge in [-0.1, -0.05) is 32.0 Å². The molecule has 2 aromatic heterocycles. The summed E-state index contributed by atoms with van der Waals surface area (Å²) in [4.78, 5) is 19.3. The van der Waals surface area contributed by atoms with Crippen LogP contribution < -0.4 is 15.0 Å². The third kappa shape index (κ3) is 4.26. The van der Waals surface area contributed by atoms with E-state index in [-0.39, 0.29) is 5.56 Å². The lowest BCUT2D eigenvalue weighted by Gasteiger charge is -2.31. The van der Waals surface area contributed by atoms with Gasteiger partial charge >= 0.3 is 0 Å². The first-order valence-electron chi connectivity index (χ1n) is 12.4. The summed E-state index contributed by atoms with van der Waals surface area (Å²) in [6.07, 6.45) is 6.26. The molecule has 186 valence electrons. The maximum Gasteiger partial charge on any atom is 0.259 e. The second-order valence-electron chi connectivity index (χ2n) is 9.84. The van der Waals surface area contributed by atoms with E-state index in [9.17, 15) is 4.79 Å². The van der Waals surface area contributed by atoms with E-state index in [4.69, 9.17) is 9.47 Å². The zero-order valence-electron chi connectivity index (χ0n) is 21.7. The van der Waals surface area contributed by atoms with E-state index in [0.29, 0.717) is 11.3 Å². The maximum atomic E-state index is 12.6. The predicted molar refractivity (Wildman–Crippen MR) is 144 cm³/mol. The van der Waals surface area contributed by atoms with Crippen molar-refractivity contribution in [2.45, 2.75) is 39.3 Å². The molecular formula is C30H33N3O3. The van der Waals surface area contributed by atoms with Crippen LogP contribution in [0.4, 0.5) is 0 Å². The van der Waals surface area contributed by atoms with Crippen LogP contribution in [0, 0.1) is 0 Å². The fourth-order valence-electron chi connectivity index (χ4n) is 5.43. The summed E-state index contributed by atoms with van der Waals surface area (Å²) in [7, 11) is 5.16. The number of hydrogen-bond acceptors (Lipinski definition) is 5. The molecular weight excluding hydrogens is 450 g/mol. The van der Waals surface area contributed by atoms with Crippen molar-refractivity contribution in [1.29, 1.82) is 0 Å². The maximum absolute atomic E-state index is 12.6. The van der Waals surface area contributed by atoms with E-state index in [2.05, 4.69) is 41.9 Å². The van der Waals surface area contributed by atoms with E-state index < -0.39 is 0 Å². The van der Waals surface area contributed by atoms with E-state index in [1.165, 1.54) is 16.7 Å². The quantitative estimate of drug-likeness (QED) is 0.373. The highest BCUT2D eigenvalue weighted by atomic mass is 16.5. The average Bonchev–Trinajstić information content (AvgIpc) is 2.90. The number of hydrogen-bond donors (Lipinski definition) is 0. The third-order valence-corrected chi connectivity index (χ3v) is 7.29. The molecule has 0 aliphatic carbocycles. The standard InChI is InChI=1S/C30H33N3O3/c1-19(2)22-8-6-7-20-16-33(12-10-23(20)22)18-27-28(35-4)13-21(14-29(27)36-5)26-17-32(3)30(34)25-15-31-11-9-24(25)26/h6-9,11,13-15,17,19H,10,12,16,18H2,1-5H3. The van der Waals surface area contributed by atoms with Gasteiger partial charge < -0.3 is 14.0 Å². The molecule has 1 aliphatic heterocycles. The first-order valence-corrected chi connectivity index (χ1v) is 12.4. The SMILES string of the molecule is COc1cc(-c2cn(C)c(=O)c3cnccc23)cc(OC)c1CN1CCc2c(cccc2C(C)C)C1. The second-order valence-corrected chi connectivity index (χ2v) is 9.84. The number of aromatic nitrogens is 2. The van der Waals surface area contributed by atoms with Gasteiger partial charge in [0.25, 0.3) is 5.56 Å². The molecule has 5 rings (SSSR count). The van der Waals surface area contributed by atoms with Crippen molar-refractivity contribution >= 4 is 10.8 Å². The van der Waals surface area contributed by atoms with Crippen molar-refractivity contribution in [3.05, 3.63) is 87.6 Å². The van der Waals surface area contributed by atoms with Gasteiger partial charge in [0.2, 0.25) is 0 Å². The number of rotatable bonds is 6. The van der Waals surface area contributed by atoms with E-state index in [0.717, 1.165) is 59.6 Å². The number of ether oxygens (including phenoxy) is 2. The Labute approximate surface area is 212 Å². The van der Waals surface area contributed by atoms with Crippen LogP contribution in [0.15, 0.2) is 59.8 Å². The highest BCUT2D eigenvalue weighted by Crippen LogP contribution is 2.38. The highest BCUT2D eigenvalue weighted by molar-refractivity contribution is 5.95. The van der Waals surface area contributed by atoms with Crippen molar-refractivity contribution in [2.75, 3.05) is 20.8 Å². The minimum atomic E-state index is -0.0663. The molecule has 0 fully saturated rings. The molecule has 3 heterocycles. The topological polar surface area (TPSA) is 56.6 Å². The lowest BCUT2D eigenvalue weighted by Crippen LogP contribution is -2.31. The summed E-state index contributed by atoms with van der Waals surface area (Å²) < 4.78 is 13.4. The predicted octanol–water partition coefficient (Wildman–Crippen LogP) is 5.30. The molecule has 36 heavy (non-hydrogen) atoms. The molecule has 1 aliphatic rings. The zero-order chi connectivity index (χ0) is 25.4. The molecule has 0 saturated carbocycles. The lowest BCUT2D eigenvalue weighted by molar-refractivity contribution is 0.237. The van der Waals surface area contributed by atoms with Gasteiger partial charge in [0.15, 0.2) is 0 Å². The van der Waals surface area contributed by atoms with Crippen LogP contribution in [0.5, 0.6) is 11.5 Å². The first kappa shape index (κ1) is 24.1. The monoisotopic (exact) mass is 483 g/mol. The summed E-state index contributed by atoms with van der Waals surface area (Å²) in [6.45, 7) is 7.16. The number of aryl methyl sites for hydroxylation is 1. The van der Waals surface area contributed by atoms with Crippen LogP contribution in [0.1, 0.15) is 42.0 Å². The summed E-state index contributed by atoms with van der Waals surface area (Å²) in [5, 5.41) is 1.45. The Morgan fingerprint density at radius 3 is 2.50 bits per heavy atom. The third-order valence-electron chi connectivity index (χ3n) is 7.29. The molecule has 0 saturated heterocycles. The van der Waals surface area contributed by atoms with E-state index in [1.54, 1.807) is 38.2 Å². The molecule has 0 bridgehead atoms. The number of benzene rings is 2. The Morgan fingerprint density at radius 2 is 1.81 bits per heavy atom. The van der Waals surface area contributed by atoms with Crippen molar-refractivity contribution in [3.8, 4) is 22.6 Å².